The van der Waals surface area contributed by atoms with E-state index in [2.05, 4.69) is 33.9 Å². The Balaban J connectivity index is 1.68. The molecule has 7 nitrogen and oxygen atoms in total. The largest absolute Gasteiger partial charge is 0.497 e. The SMILES string of the molecule is COc1ccc2c(c1)c(C1=C(c3c[nH]c4ccccc34)C(=O)NC1=O)cn2CCCCN(C)C. The maximum Gasteiger partial charge on any atom is 0.259 e. The van der Waals surface area contributed by atoms with Gasteiger partial charge in [-0.25, -0.2) is 0 Å². The number of nitrogens with zero attached hydrogens (tertiary/aromatic N) is 2. The minimum Gasteiger partial charge on any atom is -0.497 e. The van der Waals surface area contributed by atoms with Crippen LogP contribution < -0.4 is 10.1 Å². The highest BCUT2D eigenvalue weighted by molar-refractivity contribution is 6.50. The summed E-state index contributed by atoms with van der Waals surface area (Å²) in [6.45, 7) is 1.84. The smallest absolute Gasteiger partial charge is 0.259 e. The number of aryl methyl sites for hydroxylation is 1. The van der Waals surface area contributed by atoms with Gasteiger partial charge in [0.05, 0.1) is 18.3 Å². The lowest BCUT2D eigenvalue weighted by atomic mass is 9.95. The molecule has 0 saturated carbocycles. The Kier molecular flexibility index (Phi) is 5.71. The van der Waals surface area contributed by atoms with Gasteiger partial charge in [0.2, 0.25) is 0 Å². The number of rotatable bonds is 8. The number of carbonyl (C=O) groups excluding carboxylic acids is 2. The van der Waals surface area contributed by atoms with Gasteiger partial charge in [-0.05, 0) is 57.7 Å². The van der Waals surface area contributed by atoms with E-state index in [-0.39, 0.29) is 11.8 Å². The number of aromatic amines is 1. The molecule has 3 heterocycles. The fourth-order valence-electron chi connectivity index (χ4n) is 4.75. The first-order valence-electron chi connectivity index (χ1n) is 11.5. The summed E-state index contributed by atoms with van der Waals surface area (Å²) in [6, 6.07) is 13.7. The van der Waals surface area contributed by atoms with E-state index in [4.69, 9.17) is 4.74 Å². The Bertz CT molecular complexity index is 1440. The van der Waals surface area contributed by atoms with Crippen LogP contribution in [-0.2, 0) is 16.1 Å². The number of benzene rings is 2. The van der Waals surface area contributed by atoms with E-state index in [1.807, 2.05) is 48.7 Å². The molecule has 174 valence electrons. The third-order valence-corrected chi connectivity index (χ3v) is 6.40. The molecular formula is C27H28N4O3. The molecule has 0 radical (unpaired) electrons. The maximum atomic E-state index is 13.1. The number of hydrogen-bond acceptors (Lipinski definition) is 4. The zero-order valence-electron chi connectivity index (χ0n) is 19.6. The van der Waals surface area contributed by atoms with Crippen LogP contribution in [0.3, 0.4) is 0 Å². The van der Waals surface area contributed by atoms with Crippen molar-refractivity contribution >= 4 is 44.8 Å². The Morgan fingerprint density at radius 2 is 1.71 bits per heavy atom. The zero-order chi connectivity index (χ0) is 23.8. The quantitative estimate of drug-likeness (QED) is 0.310. The van der Waals surface area contributed by atoms with Crippen molar-refractivity contribution in [3.05, 3.63) is 66.0 Å². The molecule has 0 fully saturated rings. The molecule has 1 aliphatic rings. The van der Waals surface area contributed by atoms with Crippen molar-refractivity contribution in [2.45, 2.75) is 19.4 Å². The monoisotopic (exact) mass is 456 g/mol. The van der Waals surface area contributed by atoms with Gasteiger partial charge in [-0.2, -0.15) is 0 Å². The van der Waals surface area contributed by atoms with Gasteiger partial charge < -0.3 is 19.2 Å². The molecule has 0 bridgehead atoms. The van der Waals surface area contributed by atoms with E-state index in [1.54, 1.807) is 13.3 Å². The van der Waals surface area contributed by atoms with E-state index >= 15 is 0 Å². The van der Waals surface area contributed by atoms with Crippen LogP contribution in [0.2, 0.25) is 0 Å². The van der Waals surface area contributed by atoms with Gasteiger partial charge in [0.25, 0.3) is 11.8 Å². The van der Waals surface area contributed by atoms with Crippen molar-refractivity contribution in [3.8, 4) is 5.75 Å². The molecule has 0 spiro atoms. The van der Waals surface area contributed by atoms with Gasteiger partial charge in [0.15, 0.2) is 0 Å². The topological polar surface area (TPSA) is 79.4 Å². The summed E-state index contributed by atoms with van der Waals surface area (Å²) in [5.41, 5.74) is 4.20. The second kappa shape index (κ2) is 8.83. The number of aromatic nitrogens is 2. The summed E-state index contributed by atoms with van der Waals surface area (Å²) in [5.74, 6) is -0.0441. The van der Waals surface area contributed by atoms with E-state index in [1.165, 1.54) is 0 Å². The predicted molar refractivity (Wildman–Crippen MR) is 135 cm³/mol. The molecule has 5 rings (SSSR count). The van der Waals surface area contributed by atoms with E-state index < -0.39 is 0 Å². The third kappa shape index (κ3) is 3.78. The van der Waals surface area contributed by atoms with Crippen LogP contribution in [-0.4, -0.2) is 54.0 Å². The zero-order valence-corrected chi connectivity index (χ0v) is 19.6. The second-order valence-electron chi connectivity index (χ2n) is 8.91. The fraction of sp³-hybridized carbons (Fsp3) is 0.259. The van der Waals surface area contributed by atoms with Crippen molar-refractivity contribution < 1.29 is 14.3 Å². The van der Waals surface area contributed by atoms with Crippen LogP contribution >= 0.6 is 0 Å². The summed E-state index contributed by atoms with van der Waals surface area (Å²) in [7, 11) is 5.77. The van der Waals surface area contributed by atoms with Crippen LogP contribution in [0.4, 0.5) is 0 Å². The number of hydrogen-bond donors (Lipinski definition) is 2. The van der Waals surface area contributed by atoms with Gasteiger partial charge in [-0.1, -0.05) is 18.2 Å². The summed E-state index contributed by atoms with van der Waals surface area (Å²) in [4.78, 5) is 31.5. The number of amides is 2. The molecule has 2 amide bonds. The number of carbonyl (C=O) groups is 2. The van der Waals surface area contributed by atoms with Crippen molar-refractivity contribution in [1.82, 2.24) is 19.8 Å². The highest BCUT2D eigenvalue weighted by Gasteiger charge is 2.35. The van der Waals surface area contributed by atoms with Crippen LogP contribution in [0.15, 0.2) is 54.9 Å². The Labute approximate surface area is 198 Å². The lowest BCUT2D eigenvalue weighted by Gasteiger charge is -2.10. The fourth-order valence-corrected chi connectivity index (χ4v) is 4.75. The molecule has 1 aliphatic heterocycles. The number of para-hydroxylation sites is 1. The molecule has 0 saturated heterocycles. The number of fused-ring (bicyclic) bond motifs is 2. The summed E-state index contributed by atoms with van der Waals surface area (Å²) < 4.78 is 7.65. The number of methoxy groups -OCH3 is 1. The molecule has 2 aromatic heterocycles. The minimum absolute atomic E-state index is 0.375. The van der Waals surface area contributed by atoms with Crippen molar-refractivity contribution in [1.29, 1.82) is 0 Å². The molecule has 0 aliphatic carbocycles. The molecule has 7 heteroatoms. The lowest BCUT2D eigenvalue weighted by Crippen LogP contribution is -2.22. The number of imide groups is 1. The second-order valence-corrected chi connectivity index (χ2v) is 8.91. The number of H-pyrrole nitrogens is 1. The normalized spacial score (nSPS) is 14.1. The number of ether oxygens (including phenoxy) is 1. The maximum absolute atomic E-state index is 13.1. The number of nitrogens with one attached hydrogen (secondary N) is 2. The summed E-state index contributed by atoms with van der Waals surface area (Å²) in [6.07, 6.45) is 5.88. The van der Waals surface area contributed by atoms with E-state index in [0.717, 1.165) is 58.9 Å². The number of unbranched alkanes of at least 4 members (excludes halogenated alkanes) is 1. The highest BCUT2D eigenvalue weighted by Crippen LogP contribution is 2.39. The van der Waals surface area contributed by atoms with Crippen LogP contribution in [0, 0.1) is 0 Å². The lowest BCUT2D eigenvalue weighted by molar-refractivity contribution is -0.122. The van der Waals surface area contributed by atoms with Crippen LogP contribution in [0.5, 0.6) is 5.75 Å². The average Bonchev–Trinajstić information content (AvgIpc) is 3.49. The first-order chi connectivity index (χ1) is 16.5. The minimum atomic E-state index is -0.375. The van der Waals surface area contributed by atoms with Gasteiger partial charge in [-0.3, -0.25) is 14.9 Å². The van der Waals surface area contributed by atoms with Gasteiger partial charge in [0.1, 0.15) is 5.75 Å². The molecule has 4 aromatic rings. The highest BCUT2D eigenvalue weighted by atomic mass is 16.5. The van der Waals surface area contributed by atoms with E-state index in [9.17, 15) is 9.59 Å². The van der Waals surface area contributed by atoms with Gasteiger partial charge in [0, 0.05) is 51.9 Å². The third-order valence-electron chi connectivity index (χ3n) is 6.40. The Morgan fingerprint density at radius 3 is 2.47 bits per heavy atom. The molecule has 0 unspecified atom stereocenters. The Hall–Kier alpha value is -3.84. The van der Waals surface area contributed by atoms with Crippen molar-refractivity contribution in [2.24, 2.45) is 0 Å². The summed E-state index contributed by atoms with van der Waals surface area (Å²) in [5, 5.41) is 4.32. The van der Waals surface area contributed by atoms with Crippen molar-refractivity contribution in [3.63, 3.8) is 0 Å². The van der Waals surface area contributed by atoms with Crippen molar-refractivity contribution in [2.75, 3.05) is 27.7 Å². The van der Waals surface area contributed by atoms with Gasteiger partial charge >= 0.3 is 0 Å². The van der Waals surface area contributed by atoms with Crippen LogP contribution in [0.1, 0.15) is 24.0 Å². The standard InChI is InChI=1S/C27H28N4O3/c1-30(2)12-6-7-13-31-16-21(19-14-17(34-3)10-11-23(19)31)25-24(26(32)29-27(25)33)20-15-28-22-9-5-4-8-18(20)22/h4-5,8-11,14-16,28H,6-7,12-13H2,1-3H3,(H,29,32,33). The molecule has 34 heavy (non-hydrogen) atoms. The Morgan fingerprint density at radius 1 is 0.941 bits per heavy atom. The van der Waals surface area contributed by atoms with E-state index in [0.29, 0.717) is 16.9 Å². The first kappa shape index (κ1) is 22.0. The average molecular weight is 457 g/mol. The predicted octanol–water partition coefficient (Wildman–Crippen LogP) is 4.04. The van der Waals surface area contributed by atoms with Gasteiger partial charge in [-0.15, -0.1) is 0 Å². The molecular weight excluding hydrogens is 428 g/mol. The molecule has 0 atom stereocenters. The van der Waals surface area contributed by atoms with Crippen LogP contribution in [0.25, 0.3) is 33.0 Å². The molecule has 2 N–H and O–H groups in total. The molecule has 2 aromatic carbocycles. The first-order valence-corrected chi connectivity index (χ1v) is 11.5. The summed E-state index contributed by atoms with van der Waals surface area (Å²) >= 11 is 0.